The van der Waals surface area contributed by atoms with Gasteiger partial charge < -0.3 is 14.7 Å². The molecule has 3 rings (SSSR count). The molecular formula is C17H22N4O2. The number of hydrogen-bond acceptors (Lipinski definition) is 5. The lowest BCUT2D eigenvalue weighted by Gasteiger charge is -2.16. The van der Waals surface area contributed by atoms with Gasteiger partial charge >= 0.3 is 0 Å². The number of carbonyl (C=O) groups is 1. The molecule has 23 heavy (non-hydrogen) atoms. The van der Waals surface area contributed by atoms with E-state index in [9.17, 15) is 4.79 Å². The van der Waals surface area contributed by atoms with E-state index in [-0.39, 0.29) is 5.91 Å². The van der Waals surface area contributed by atoms with Gasteiger partial charge in [-0.3, -0.25) is 4.79 Å². The fourth-order valence-corrected chi connectivity index (χ4v) is 2.74. The van der Waals surface area contributed by atoms with E-state index in [0.717, 1.165) is 37.4 Å². The summed E-state index contributed by atoms with van der Waals surface area (Å²) in [6.07, 6.45) is 5.96. The molecule has 1 N–H and O–H groups in total. The minimum atomic E-state index is -0.154. The number of nitrogens with zero attached hydrogens (tertiary/aromatic N) is 3. The molecule has 6 heteroatoms. The Bertz CT molecular complexity index is 645. The second kappa shape index (κ2) is 7.26. The first-order valence-electron chi connectivity index (χ1n) is 8.20. The first-order valence-corrected chi connectivity index (χ1v) is 8.20. The molecule has 0 aliphatic carbocycles. The first-order chi connectivity index (χ1) is 11.3. The third kappa shape index (κ3) is 3.88. The Morgan fingerprint density at radius 1 is 1.35 bits per heavy atom. The molecular weight excluding hydrogens is 292 g/mol. The molecule has 0 unspecified atom stereocenters. The minimum Gasteiger partial charge on any atom is -0.359 e. The third-order valence-electron chi connectivity index (χ3n) is 3.98. The van der Waals surface area contributed by atoms with Crippen LogP contribution in [0, 0.1) is 0 Å². The van der Waals surface area contributed by atoms with E-state index in [1.54, 1.807) is 6.20 Å². The van der Waals surface area contributed by atoms with E-state index in [0.29, 0.717) is 17.9 Å². The summed E-state index contributed by atoms with van der Waals surface area (Å²) < 4.78 is 5.20. The molecule has 0 spiro atoms. The summed E-state index contributed by atoms with van der Waals surface area (Å²) in [6.45, 7) is 4.52. The number of anilines is 1. The Morgan fingerprint density at radius 2 is 2.17 bits per heavy atom. The minimum absolute atomic E-state index is 0.154. The van der Waals surface area contributed by atoms with Gasteiger partial charge in [0.15, 0.2) is 5.76 Å². The molecule has 1 aliphatic heterocycles. The summed E-state index contributed by atoms with van der Waals surface area (Å²) in [6, 6.07) is 5.62. The Hall–Kier alpha value is -2.37. The van der Waals surface area contributed by atoms with Crippen molar-refractivity contribution in [2.75, 3.05) is 18.0 Å². The Kier molecular flexibility index (Phi) is 4.90. The van der Waals surface area contributed by atoms with Gasteiger partial charge in [-0.05, 0) is 31.4 Å². The number of carbonyl (C=O) groups excluding carboxylic acids is 1. The summed E-state index contributed by atoms with van der Waals surface area (Å²) >= 11 is 0. The van der Waals surface area contributed by atoms with Crippen molar-refractivity contribution in [1.82, 2.24) is 15.5 Å². The van der Waals surface area contributed by atoms with E-state index in [1.807, 2.05) is 18.2 Å². The maximum atomic E-state index is 12.2. The van der Waals surface area contributed by atoms with Crippen LogP contribution in [0.5, 0.6) is 0 Å². The highest BCUT2D eigenvalue weighted by molar-refractivity contribution is 5.93. The normalized spacial score (nSPS) is 14.2. The molecule has 0 bridgehead atoms. The van der Waals surface area contributed by atoms with Crippen LogP contribution in [0.2, 0.25) is 0 Å². The highest BCUT2D eigenvalue weighted by atomic mass is 16.5. The van der Waals surface area contributed by atoms with Crippen LogP contribution in [0.3, 0.4) is 0 Å². The van der Waals surface area contributed by atoms with Crippen molar-refractivity contribution in [3.8, 4) is 0 Å². The molecule has 1 amide bonds. The molecule has 1 fully saturated rings. The SMILES string of the molecule is CCCc1cc(CNC(=O)c2ccc(N3CCCC3)nc2)on1. The Labute approximate surface area is 135 Å². The van der Waals surface area contributed by atoms with Gasteiger partial charge in [-0.1, -0.05) is 18.5 Å². The van der Waals surface area contributed by atoms with Crippen LogP contribution >= 0.6 is 0 Å². The number of aromatic nitrogens is 2. The zero-order chi connectivity index (χ0) is 16.1. The average Bonchev–Trinajstić information content (AvgIpc) is 3.25. The number of amides is 1. The predicted molar refractivity (Wildman–Crippen MR) is 87.4 cm³/mol. The quantitative estimate of drug-likeness (QED) is 0.887. The van der Waals surface area contributed by atoms with Crippen LogP contribution in [0.4, 0.5) is 5.82 Å². The maximum absolute atomic E-state index is 12.2. The second-order valence-corrected chi connectivity index (χ2v) is 5.82. The van der Waals surface area contributed by atoms with Crippen LogP contribution in [0.25, 0.3) is 0 Å². The molecule has 0 radical (unpaired) electrons. The van der Waals surface area contributed by atoms with Crippen molar-refractivity contribution in [3.05, 3.63) is 41.4 Å². The fourth-order valence-electron chi connectivity index (χ4n) is 2.74. The standard InChI is InChI=1S/C17H22N4O2/c1-2-5-14-10-15(23-20-14)12-19-17(22)13-6-7-16(18-11-13)21-8-3-4-9-21/h6-7,10-11H,2-5,8-9,12H2,1H3,(H,19,22). The monoisotopic (exact) mass is 314 g/mol. The molecule has 3 heterocycles. The molecule has 2 aromatic rings. The van der Waals surface area contributed by atoms with E-state index in [1.165, 1.54) is 12.8 Å². The van der Waals surface area contributed by atoms with Crippen LogP contribution in [0.15, 0.2) is 28.9 Å². The van der Waals surface area contributed by atoms with Crippen LogP contribution < -0.4 is 10.2 Å². The van der Waals surface area contributed by atoms with Gasteiger partial charge in [0.05, 0.1) is 17.8 Å². The Morgan fingerprint density at radius 3 is 2.87 bits per heavy atom. The van der Waals surface area contributed by atoms with Gasteiger partial charge in [-0.15, -0.1) is 0 Å². The van der Waals surface area contributed by atoms with E-state index in [2.05, 4.69) is 27.3 Å². The summed E-state index contributed by atoms with van der Waals surface area (Å²) in [5, 5.41) is 6.80. The van der Waals surface area contributed by atoms with Gasteiger partial charge in [0.25, 0.3) is 5.91 Å². The van der Waals surface area contributed by atoms with Gasteiger partial charge in [0.1, 0.15) is 5.82 Å². The topological polar surface area (TPSA) is 71.3 Å². The summed E-state index contributed by atoms with van der Waals surface area (Å²) in [7, 11) is 0. The van der Waals surface area contributed by atoms with Crippen molar-refractivity contribution in [3.63, 3.8) is 0 Å². The van der Waals surface area contributed by atoms with E-state index >= 15 is 0 Å². The van der Waals surface area contributed by atoms with Crippen LogP contribution in [-0.2, 0) is 13.0 Å². The average molecular weight is 314 g/mol. The molecule has 122 valence electrons. The van der Waals surface area contributed by atoms with Gasteiger partial charge in [0.2, 0.25) is 0 Å². The van der Waals surface area contributed by atoms with Crippen LogP contribution in [-0.4, -0.2) is 29.1 Å². The summed E-state index contributed by atoms with van der Waals surface area (Å²) in [5.74, 6) is 1.46. The highest BCUT2D eigenvalue weighted by Crippen LogP contribution is 2.17. The second-order valence-electron chi connectivity index (χ2n) is 5.82. The zero-order valence-electron chi connectivity index (χ0n) is 13.4. The van der Waals surface area contributed by atoms with Crippen molar-refractivity contribution >= 4 is 11.7 Å². The molecule has 0 saturated carbocycles. The molecule has 6 nitrogen and oxygen atoms in total. The third-order valence-corrected chi connectivity index (χ3v) is 3.98. The lowest BCUT2D eigenvalue weighted by molar-refractivity contribution is 0.0946. The van der Waals surface area contributed by atoms with Crippen molar-refractivity contribution in [2.24, 2.45) is 0 Å². The smallest absolute Gasteiger partial charge is 0.253 e. The van der Waals surface area contributed by atoms with Crippen molar-refractivity contribution in [2.45, 2.75) is 39.2 Å². The Balaban J connectivity index is 1.54. The largest absolute Gasteiger partial charge is 0.359 e. The number of pyridine rings is 1. The zero-order valence-corrected chi connectivity index (χ0v) is 13.4. The predicted octanol–water partition coefficient (Wildman–Crippen LogP) is 2.55. The van der Waals surface area contributed by atoms with Crippen LogP contribution in [0.1, 0.15) is 48.0 Å². The molecule has 1 aliphatic rings. The van der Waals surface area contributed by atoms with Gasteiger partial charge in [-0.2, -0.15) is 0 Å². The van der Waals surface area contributed by atoms with Crippen molar-refractivity contribution in [1.29, 1.82) is 0 Å². The van der Waals surface area contributed by atoms with E-state index in [4.69, 9.17) is 4.52 Å². The molecule has 0 aromatic carbocycles. The maximum Gasteiger partial charge on any atom is 0.253 e. The van der Waals surface area contributed by atoms with Gasteiger partial charge in [-0.25, -0.2) is 4.98 Å². The van der Waals surface area contributed by atoms with Gasteiger partial charge in [0, 0.05) is 25.4 Å². The van der Waals surface area contributed by atoms with E-state index < -0.39 is 0 Å². The highest BCUT2D eigenvalue weighted by Gasteiger charge is 2.14. The lowest BCUT2D eigenvalue weighted by Crippen LogP contribution is -2.23. The number of hydrogen-bond donors (Lipinski definition) is 1. The summed E-state index contributed by atoms with van der Waals surface area (Å²) in [4.78, 5) is 18.8. The molecule has 1 saturated heterocycles. The fraction of sp³-hybridized carbons (Fsp3) is 0.471. The molecule has 2 aromatic heterocycles. The lowest BCUT2D eigenvalue weighted by atomic mass is 10.2. The first kappa shape index (κ1) is 15.5. The molecule has 0 atom stereocenters. The van der Waals surface area contributed by atoms with Crippen molar-refractivity contribution < 1.29 is 9.32 Å². The number of aryl methyl sites for hydroxylation is 1. The summed E-state index contributed by atoms with van der Waals surface area (Å²) in [5.41, 5.74) is 1.48. The number of rotatable bonds is 6. The number of nitrogens with one attached hydrogen (secondary N) is 1.